The third-order valence-corrected chi connectivity index (χ3v) is 4.22. The van der Waals surface area contributed by atoms with Crippen LogP contribution in [0, 0.1) is 11.3 Å². The highest BCUT2D eigenvalue weighted by Gasteiger charge is 2.25. The maximum absolute atomic E-state index is 13.0. The lowest BCUT2D eigenvalue weighted by atomic mass is 9.92. The van der Waals surface area contributed by atoms with E-state index in [1.165, 1.54) is 0 Å². The molecule has 1 unspecified atom stereocenters. The van der Waals surface area contributed by atoms with Crippen LogP contribution in [-0.2, 0) is 4.79 Å². The van der Waals surface area contributed by atoms with Crippen LogP contribution in [-0.4, -0.2) is 43.2 Å². The van der Waals surface area contributed by atoms with E-state index in [9.17, 15) is 4.79 Å². The Morgan fingerprint density at radius 1 is 1.30 bits per heavy atom. The Kier molecular flexibility index (Phi) is 7.02. The van der Waals surface area contributed by atoms with E-state index < -0.39 is 5.92 Å². The maximum atomic E-state index is 13.0. The molecular weight excluding hydrogens is 338 g/mol. The first kappa shape index (κ1) is 20.1. The molecule has 6 heteroatoms. The van der Waals surface area contributed by atoms with Gasteiger partial charge in [-0.05, 0) is 23.8 Å². The standard InChI is InChI=1S/C21H25N5O/c1-25-14-18(15-8-4-3-5-9-15)20(24)21(27)17(13-22)19(23)12-16-10-6-7-11-26(16)2/h3-12,14,17,23H,13,22,24H2,1-2H3/b16-12-,20-18?,23-19?,25-14?. The first-order valence-electron chi connectivity index (χ1n) is 8.59. The quantitative estimate of drug-likeness (QED) is 0.509. The molecule has 0 radical (unpaired) electrons. The van der Waals surface area contributed by atoms with E-state index in [-0.39, 0.29) is 23.7 Å². The minimum absolute atomic E-state index is 0.00322. The number of carbonyl (C=O) groups is 1. The number of likely N-dealkylation sites (N-methyl/N-ethyl adjacent to an activating group) is 1. The van der Waals surface area contributed by atoms with Crippen LogP contribution in [0.1, 0.15) is 5.56 Å². The van der Waals surface area contributed by atoms with Gasteiger partial charge in [-0.2, -0.15) is 0 Å². The summed E-state index contributed by atoms with van der Waals surface area (Å²) in [5.41, 5.74) is 14.3. The predicted octanol–water partition coefficient (Wildman–Crippen LogP) is 2.12. The molecule has 6 nitrogen and oxygen atoms in total. The van der Waals surface area contributed by atoms with Crippen LogP contribution in [0.2, 0.25) is 0 Å². The molecule has 1 aliphatic heterocycles. The second-order valence-electron chi connectivity index (χ2n) is 6.07. The highest BCUT2D eigenvalue weighted by Crippen LogP contribution is 2.19. The maximum Gasteiger partial charge on any atom is 0.189 e. The lowest BCUT2D eigenvalue weighted by molar-refractivity contribution is -0.117. The first-order valence-corrected chi connectivity index (χ1v) is 8.59. The zero-order valence-electron chi connectivity index (χ0n) is 15.6. The van der Waals surface area contributed by atoms with Crippen molar-refractivity contribution in [2.24, 2.45) is 22.4 Å². The van der Waals surface area contributed by atoms with Gasteiger partial charge >= 0.3 is 0 Å². The molecule has 2 rings (SSSR count). The number of aliphatic imine (C=N–C) groups is 1. The average molecular weight is 363 g/mol. The predicted molar refractivity (Wildman–Crippen MR) is 111 cm³/mol. The summed E-state index contributed by atoms with van der Waals surface area (Å²) < 4.78 is 0. The molecule has 140 valence electrons. The highest BCUT2D eigenvalue weighted by molar-refractivity contribution is 6.23. The number of nitrogens with two attached hydrogens (primary N) is 2. The topological polar surface area (TPSA) is 109 Å². The van der Waals surface area contributed by atoms with Crippen molar-refractivity contribution in [3.05, 3.63) is 77.8 Å². The van der Waals surface area contributed by atoms with Crippen molar-refractivity contribution in [2.45, 2.75) is 0 Å². The summed E-state index contributed by atoms with van der Waals surface area (Å²) in [5, 5.41) is 8.37. The minimum Gasteiger partial charge on any atom is -0.395 e. The van der Waals surface area contributed by atoms with Crippen molar-refractivity contribution in [3.63, 3.8) is 0 Å². The Bertz CT molecular complexity index is 847. The van der Waals surface area contributed by atoms with Gasteiger partial charge < -0.3 is 21.8 Å². The molecule has 1 atom stereocenters. The third kappa shape index (κ3) is 4.89. The van der Waals surface area contributed by atoms with E-state index in [0.29, 0.717) is 5.57 Å². The normalized spacial score (nSPS) is 17.3. The molecule has 0 spiro atoms. The van der Waals surface area contributed by atoms with E-state index in [1.807, 2.05) is 66.7 Å². The summed E-state index contributed by atoms with van der Waals surface area (Å²) in [4.78, 5) is 18.9. The summed E-state index contributed by atoms with van der Waals surface area (Å²) in [6, 6.07) is 9.33. The minimum atomic E-state index is -0.825. The molecule has 5 N–H and O–H groups in total. The van der Waals surface area contributed by atoms with Gasteiger partial charge in [-0.1, -0.05) is 36.4 Å². The van der Waals surface area contributed by atoms with Crippen molar-refractivity contribution in [3.8, 4) is 0 Å². The van der Waals surface area contributed by atoms with Crippen LogP contribution >= 0.6 is 0 Å². The first-order chi connectivity index (χ1) is 13.0. The molecule has 1 aromatic rings. The molecule has 27 heavy (non-hydrogen) atoms. The van der Waals surface area contributed by atoms with E-state index in [4.69, 9.17) is 16.9 Å². The van der Waals surface area contributed by atoms with Gasteiger partial charge in [-0.25, -0.2) is 0 Å². The molecule has 0 fully saturated rings. The molecule has 0 saturated heterocycles. The second-order valence-corrected chi connectivity index (χ2v) is 6.07. The van der Waals surface area contributed by atoms with Crippen molar-refractivity contribution in [1.82, 2.24) is 4.90 Å². The average Bonchev–Trinajstić information content (AvgIpc) is 2.68. The zero-order chi connectivity index (χ0) is 19.8. The number of benzene rings is 1. The summed E-state index contributed by atoms with van der Waals surface area (Å²) in [5.74, 6) is -1.20. The van der Waals surface area contributed by atoms with Crippen LogP contribution < -0.4 is 11.5 Å². The molecule has 1 aromatic carbocycles. The number of ketones is 1. The number of hydrogen-bond acceptors (Lipinski definition) is 6. The Morgan fingerprint density at radius 2 is 2.00 bits per heavy atom. The van der Waals surface area contributed by atoms with E-state index in [2.05, 4.69) is 4.99 Å². The molecule has 0 saturated carbocycles. The van der Waals surface area contributed by atoms with Gasteiger partial charge in [0.05, 0.1) is 11.6 Å². The van der Waals surface area contributed by atoms with Gasteiger partial charge in [-0.3, -0.25) is 9.79 Å². The lowest BCUT2D eigenvalue weighted by Gasteiger charge is -2.20. The van der Waals surface area contributed by atoms with Gasteiger partial charge in [0.15, 0.2) is 5.78 Å². The molecule has 1 aliphatic rings. The molecular formula is C21H25N5O. The largest absolute Gasteiger partial charge is 0.395 e. The number of nitrogens with one attached hydrogen (secondary N) is 1. The molecule has 0 aromatic heterocycles. The summed E-state index contributed by atoms with van der Waals surface area (Å²) in [7, 11) is 3.49. The fourth-order valence-corrected chi connectivity index (χ4v) is 2.69. The fraction of sp³-hybridized carbons (Fsp3) is 0.190. The van der Waals surface area contributed by atoms with Gasteiger partial charge in [0.25, 0.3) is 0 Å². The summed E-state index contributed by atoms with van der Waals surface area (Å²) in [6.45, 7) is -0.00322. The number of hydrogen-bond donors (Lipinski definition) is 3. The zero-order valence-corrected chi connectivity index (χ0v) is 15.6. The van der Waals surface area contributed by atoms with Gasteiger partial charge in [-0.15, -0.1) is 0 Å². The number of rotatable bonds is 7. The molecule has 0 amide bonds. The number of Topliss-reactive ketones (excluding diaryl/α,β-unsaturated/α-hetero) is 1. The van der Waals surface area contributed by atoms with Crippen LogP contribution in [0.4, 0.5) is 0 Å². The highest BCUT2D eigenvalue weighted by atomic mass is 16.1. The molecule has 1 heterocycles. The van der Waals surface area contributed by atoms with Crippen molar-refractivity contribution in [2.75, 3.05) is 20.6 Å². The van der Waals surface area contributed by atoms with Crippen LogP contribution in [0.25, 0.3) is 5.57 Å². The molecule has 0 bridgehead atoms. The Hall–Kier alpha value is -3.25. The van der Waals surface area contributed by atoms with Crippen molar-refractivity contribution >= 4 is 23.3 Å². The summed E-state index contributed by atoms with van der Waals surface area (Å²) in [6.07, 6.45) is 10.7. The molecule has 0 aliphatic carbocycles. The second kappa shape index (κ2) is 9.45. The van der Waals surface area contributed by atoms with Crippen LogP contribution in [0.5, 0.6) is 0 Å². The third-order valence-electron chi connectivity index (χ3n) is 4.22. The smallest absolute Gasteiger partial charge is 0.189 e. The van der Waals surface area contributed by atoms with E-state index >= 15 is 0 Å². The van der Waals surface area contributed by atoms with Gasteiger partial charge in [0.1, 0.15) is 0 Å². The van der Waals surface area contributed by atoms with Crippen LogP contribution in [0.15, 0.2) is 77.2 Å². The van der Waals surface area contributed by atoms with Crippen molar-refractivity contribution in [1.29, 1.82) is 5.41 Å². The SMILES string of the molecule is CN=CC(=C(N)C(=O)C(CN)C(=N)/C=C1/C=CC=CN1C)c1ccccc1. The Labute approximate surface area is 159 Å². The lowest BCUT2D eigenvalue weighted by Crippen LogP contribution is -2.34. The van der Waals surface area contributed by atoms with Gasteiger partial charge in [0, 0.05) is 50.0 Å². The van der Waals surface area contributed by atoms with Crippen molar-refractivity contribution < 1.29 is 4.79 Å². The fourth-order valence-electron chi connectivity index (χ4n) is 2.69. The number of carbonyl (C=O) groups excluding carboxylic acids is 1. The monoisotopic (exact) mass is 363 g/mol. The Morgan fingerprint density at radius 3 is 2.59 bits per heavy atom. The van der Waals surface area contributed by atoms with E-state index in [0.717, 1.165) is 11.3 Å². The number of allylic oxidation sites excluding steroid dienone is 6. The Balaban J connectivity index is 2.36. The number of nitrogens with zero attached hydrogens (tertiary/aromatic N) is 2. The van der Waals surface area contributed by atoms with Gasteiger partial charge in [0.2, 0.25) is 0 Å². The van der Waals surface area contributed by atoms with Crippen LogP contribution in [0.3, 0.4) is 0 Å². The van der Waals surface area contributed by atoms with E-state index in [1.54, 1.807) is 19.3 Å². The summed E-state index contributed by atoms with van der Waals surface area (Å²) >= 11 is 0.